The van der Waals surface area contributed by atoms with E-state index in [2.05, 4.69) is 22.4 Å². The van der Waals surface area contributed by atoms with Crippen LogP contribution < -0.4 is 19.7 Å². The van der Waals surface area contributed by atoms with E-state index in [1.165, 1.54) is 5.69 Å². The van der Waals surface area contributed by atoms with Crippen molar-refractivity contribution in [3.8, 4) is 11.5 Å². The van der Waals surface area contributed by atoms with Crippen LogP contribution in [0.15, 0.2) is 60.7 Å². The van der Waals surface area contributed by atoms with E-state index in [-0.39, 0.29) is 12.0 Å². The van der Waals surface area contributed by atoms with Gasteiger partial charge in [0.05, 0.1) is 0 Å². The number of rotatable bonds is 9. The van der Waals surface area contributed by atoms with E-state index >= 15 is 0 Å². The molecule has 1 unspecified atom stereocenters. The maximum Gasteiger partial charge on any atom is 0.224 e. The molecule has 2 N–H and O–H groups in total. The van der Waals surface area contributed by atoms with Crippen molar-refractivity contribution in [2.75, 3.05) is 30.9 Å². The normalized spacial score (nSPS) is 14.8. The quantitative estimate of drug-likeness (QED) is 0.475. The van der Waals surface area contributed by atoms with Gasteiger partial charge in [-0.2, -0.15) is 0 Å². The lowest BCUT2D eigenvalue weighted by Crippen LogP contribution is -2.31. The number of anilines is 2. The number of carbonyl (C=O) groups is 1. The molecule has 0 radical (unpaired) electrons. The molecule has 1 aliphatic heterocycles. The van der Waals surface area contributed by atoms with Crippen LogP contribution in [-0.2, 0) is 17.6 Å². The second-order valence-electron chi connectivity index (χ2n) is 8.41. The van der Waals surface area contributed by atoms with Gasteiger partial charge in [-0.05, 0) is 67.8 Å². The highest BCUT2D eigenvalue weighted by atomic mass is 16.6. The third-order valence-corrected chi connectivity index (χ3v) is 5.59. The van der Waals surface area contributed by atoms with Crippen LogP contribution >= 0.6 is 0 Å². The molecule has 32 heavy (non-hydrogen) atoms. The Hall–Kier alpha value is -3.41. The predicted molar refractivity (Wildman–Crippen MR) is 128 cm³/mol. The molecule has 2 aromatic carbocycles. The van der Waals surface area contributed by atoms with Crippen molar-refractivity contribution < 1.29 is 14.3 Å². The predicted octanol–water partition coefficient (Wildman–Crippen LogP) is 4.81. The fourth-order valence-electron chi connectivity index (χ4n) is 3.83. The van der Waals surface area contributed by atoms with Gasteiger partial charge in [-0.3, -0.25) is 4.79 Å². The third kappa shape index (κ3) is 5.84. The number of amides is 1. The number of nitrogens with one attached hydrogen (secondary N) is 2. The number of nitrogens with zero attached hydrogens (tertiary/aromatic N) is 1. The molecule has 3 aromatic rings. The third-order valence-electron chi connectivity index (χ3n) is 5.59. The van der Waals surface area contributed by atoms with Gasteiger partial charge < -0.3 is 24.7 Å². The van der Waals surface area contributed by atoms with Crippen molar-refractivity contribution in [3.05, 3.63) is 72.1 Å². The van der Waals surface area contributed by atoms with Gasteiger partial charge in [0.1, 0.15) is 12.7 Å². The molecule has 6 heteroatoms. The molecule has 0 saturated heterocycles. The molecule has 4 rings (SSSR count). The van der Waals surface area contributed by atoms with E-state index in [9.17, 15) is 4.79 Å². The van der Waals surface area contributed by atoms with Gasteiger partial charge >= 0.3 is 0 Å². The van der Waals surface area contributed by atoms with Gasteiger partial charge in [-0.25, -0.2) is 0 Å². The van der Waals surface area contributed by atoms with Crippen LogP contribution in [0.2, 0.25) is 0 Å². The summed E-state index contributed by atoms with van der Waals surface area (Å²) in [5.74, 6) is 1.68. The molecule has 168 valence electrons. The second kappa shape index (κ2) is 10.3. The summed E-state index contributed by atoms with van der Waals surface area (Å²) in [5, 5.41) is 2.97. The first-order valence-electron chi connectivity index (χ1n) is 11.2. The van der Waals surface area contributed by atoms with E-state index < -0.39 is 0 Å². The molecule has 2 heterocycles. The largest absolute Gasteiger partial charge is 0.486 e. The lowest BCUT2D eigenvalue weighted by molar-refractivity contribution is -0.116. The molecule has 1 aliphatic rings. The number of unbranched alkanes of at least 4 members (excludes halogenated alkanes) is 1. The first-order valence-corrected chi connectivity index (χ1v) is 11.2. The standard InChI is InChI=1S/C26H31N3O3/c1-29(2)22-15-13-20(14-16-22)28-26(30)10-6-3-7-19-11-12-21(27-19)17-23-18-31-24-8-4-5-9-25(24)32-23/h4-5,8-9,11-16,23,27H,3,6-7,10,17-18H2,1-2H3,(H,28,30). The van der Waals surface area contributed by atoms with E-state index in [1.807, 2.05) is 67.5 Å². The molecular formula is C26H31N3O3. The second-order valence-corrected chi connectivity index (χ2v) is 8.41. The summed E-state index contributed by atoms with van der Waals surface area (Å²) in [6.45, 7) is 0.554. The molecule has 1 amide bonds. The Morgan fingerprint density at radius 3 is 2.53 bits per heavy atom. The maximum atomic E-state index is 12.2. The van der Waals surface area contributed by atoms with Gasteiger partial charge in [0.2, 0.25) is 5.91 Å². The molecule has 0 fully saturated rings. The zero-order chi connectivity index (χ0) is 22.3. The van der Waals surface area contributed by atoms with Crippen molar-refractivity contribution in [1.82, 2.24) is 4.98 Å². The Bertz CT molecular complexity index is 1030. The van der Waals surface area contributed by atoms with Crippen molar-refractivity contribution in [2.24, 2.45) is 0 Å². The SMILES string of the molecule is CN(C)c1ccc(NC(=O)CCCCc2ccc(CC3COc4ccccc4O3)[nH]2)cc1. The van der Waals surface area contributed by atoms with Gasteiger partial charge in [-0.1, -0.05) is 12.1 Å². The molecule has 0 bridgehead atoms. The molecule has 1 atom stereocenters. The Labute approximate surface area is 189 Å². The van der Waals surface area contributed by atoms with Crippen molar-refractivity contribution in [1.29, 1.82) is 0 Å². The number of ether oxygens (including phenoxy) is 2. The molecule has 0 saturated carbocycles. The Morgan fingerprint density at radius 1 is 1.00 bits per heavy atom. The Morgan fingerprint density at radius 2 is 1.75 bits per heavy atom. The fourth-order valence-corrected chi connectivity index (χ4v) is 3.83. The van der Waals surface area contributed by atoms with E-state index in [0.29, 0.717) is 13.0 Å². The summed E-state index contributed by atoms with van der Waals surface area (Å²) in [5.41, 5.74) is 4.29. The topological polar surface area (TPSA) is 66.6 Å². The maximum absolute atomic E-state index is 12.2. The van der Waals surface area contributed by atoms with Crippen LogP contribution in [0.3, 0.4) is 0 Å². The number of aryl methyl sites for hydroxylation is 1. The van der Waals surface area contributed by atoms with Gasteiger partial charge in [0, 0.05) is 49.7 Å². The number of fused-ring (bicyclic) bond motifs is 1. The van der Waals surface area contributed by atoms with Crippen molar-refractivity contribution in [3.63, 3.8) is 0 Å². The summed E-state index contributed by atoms with van der Waals surface area (Å²) in [4.78, 5) is 17.7. The summed E-state index contributed by atoms with van der Waals surface area (Å²) < 4.78 is 11.8. The number of carbonyl (C=O) groups excluding carboxylic acids is 1. The number of benzene rings is 2. The average molecular weight is 434 g/mol. The number of para-hydroxylation sites is 2. The van der Waals surface area contributed by atoms with Crippen LogP contribution in [0.1, 0.15) is 30.7 Å². The summed E-state index contributed by atoms with van der Waals surface area (Å²) in [7, 11) is 4.00. The first kappa shape index (κ1) is 21.8. The summed E-state index contributed by atoms with van der Waals surface area (Å²) in [6.07, 6.45) is 4.05. The summed E-state index contributed by atoms with van der Waals surface area (Å²) >= 11 is 0. The van der Waals surface area contributed by atoms with Crippen molar-refractivity contribution in [2.45, 2.75) is 38.2 Å². The van der Waals surface area contributed by atoms with Crippen LogP contribution in [0.4, 0.5) is 11.4 Å². The molecule has 6 nitrogen and oxygen atoms in total. The first-order chi connectivity index (χ1) is 15.6. The Kier molecular flexibility index (Phi) is 7.00. The van der Waals surface area contributed by atoms with Crippen LogP contribution in [0.25, 0.3) is 0 Å². The number of hydrogen-bond donors (Lipinski definition) is 2. The average Bonchev–Trinajstić information content (AvgIpc) is 3.24. The highest BCUT2D eigenvalue weighted by molar-refractivity contribution is 5.90. The lowest BCUT2D eigenvalue weighted by Gasteiger charge is -2.26. The van der Waals surface area contributed by atoms with E-state index in [0.717, 1.165) is 54.3 Å². The molecule has 1 aromatic heterocycles. The minimum Gasteiger partial charge on any atom is -0.486 e. The minimum atomic E-state index is 0.00638. The molecular weight excluding hydrogens is 402 g/mol. The van der Waals surface area contributed by atoms with Gasteiger partial charge in [-0.15, -0.1) is 0 Å². The monoisotopic (exact) mass is 433 g/mol. The smallest absolute Gasteiger partial charge is 0.224 e. The zero-order valence-corrected chi connectivity index (χ0v) is 18.8. The van der Waals surface area contributed by atoms with Gasteiger partial charge in [0.25, 0.3) is 0 Å². The van der Waals surface area contributed by atoms with Gasteiger partial charge in [0.15, 0.2) is 11.5 Å². The Balaban J connectivity index is 1.16. The van der Waals surface area contributed by atoms with Crippen molar-refractivity contribution >= 4 is 17.3 Å². The lowest BCUT2D eigenvalue weighted by atomic mass is 10.1. The number of aromatic amines is 1. The van der Waals surface area contributed by atoms with Crippen LogP contribution in [0, 0.1) is 0 Å². The van der Waals surface area contributed by atoms with E-state index in [1.54, 1.807) is 0 Å². The highest BCUT2D eigenvalue weighted by Gasteiger charge is 2.21. The summed E-state index contributed by atoms with van der Waals surface area (Å²) in [6, 6.07) is 19.9. The molecule has 0 aliphatic carbocycles. The highest BCUT2D eigenvalue weighted by Crippen LogP contribution is 2.31. The number of hydrogen-bond acceptors (Lipinski definition) is 4. The number of aromatic nitrogens is 1. The van der Waals surface area contributed by atoms with Crippen LogP contribution in [0.5, 0.6) is 11.5 Å². The van der Waals surface area contributed by atoms with E-state index in [4.69, 9.17) is 9.47 Å². The minimum absolute atomic E-state index is 0.00638. The fraction of sp³-hybridized carbons (Fsp3) is 0.346. The number of H-pyrrole nitrogens is 1. The zero-order valence-electron chi connectivity index (χ0n) is 18.8. The molecule has 0 spiro atoms. The van der Waals surface area contributed by atoms with Crippen LogP contribution in [-0.4, -0.2) is 37.7 Å².